The number of nitrogens with one attached hydrogen (secondary N) is 1. The zero-order valence-electron chi connectivity index (χ0n) is 15.5. The van der Waals surface area contributed by atoms with E-state index >= 15 is 0 Å². The van der Waals surface area contributed by atoms with Crippen molar-refractivity contribution in [3.05, 3.63) is 84.4 Å². The predicted molar refractivity (Wildman–Crippen MR) is 111 cm³/mol. The third kappa shape index (κ3) is 4.89. The summed E-state index contributed by atoms with van der Waals surface area (Å²) in [5.74, 6) is 1.11. The Morgan fingerprint density at radius 3 is 2.00 bits per heavy atom. The van der Waals surface area contributed by atoms with Gasteiger partial charge in [0.25, 0.3) is 5.91 Å². The topological polar surface area (TPSA) is 75.7 Å². The van der Waals surface area contributed by atoms with Crippen LogP contribution in [0.4, 0.5) is 11.4 Å². The van der Waals surface area contributed by atoms with Gasteiger partial charge in [-0.15, -0.1) is 0 Å². The normalized spacial score (nSPS) is 10.9. The fourth-order valence-corrected chi connectivity index (χ4v) is 2.95. The number of benzene rings is 3. The Labute approximate surface area is 164 Å². The summed E-state index contributed by atoms with van der Waals surface area (Å²) in [6, 6.07) is 22.8. The molecule has 0 radical (unpaired) electrons. The van der Waals surface area contributed by atoms with Crippen molar-refractivity contribution in [1.82, 2.24) is 0 Å². The fourth-order valence-electron chi connectivity index (χ4n) is 2.45. The van der Waals surface area contributed by atoms with Gasteiger partial charge in [0.15, 0.2) is 0 Å². The molecule has 0 unspecified atom stereocenters. The Morgan fingerprint density at radius 2 is 1.43 bits per heavy atom. The van der Waals surface area contributed by atoms with Crippen molar-refractivity contribution in [1.29, 1.82) is 0 Å². The molecule has 28 heavy (non-hydrogen) atoms. The van der Waals surface area contributed by atoms with E-state index in [-0.39, 0.29) is 5.91 Å². The lowest BCUT2D eigenvalue weighted by Gasteiger charge is -2.16. The Kier molecular flexibility index (Phi) is 5.65. The van der Waals surface area contributed by atoms with Crippen molar-refractivity contribution >= 4 is 27.3 Å². The molecule has 0 aliphatic rings. The molecule has 0 saturated heterocycles. The maximum atomic E-state index is 12.4. The lowest BCUT2D eigenvalue weighted by molar-refractivity contribution is 0.102. The van der Waals surface area contributed by atoms with Crippen molar-refractivity contribution in [3.63, 3.8) is 0 Å². The van der Waals surface area contributed by atoms with Crippen LogP contribution in [0.15, 0.2) is 78.9 Å². The number of carbonyl (C=O) groups is 1. The molecule has 0 spiro atoms. The largest absolute Gasteiger partial charge is 0.457 e. The molecular weight excluding hydrogens is 376 g/mol. The summed E-state index contributed by atoms with van der Waals surface area (Å²) in [6.45, 7) is 0. The molecule has 0 bridgehead atoms. The molecule has 1 amide bonds. The molecule has 7 heteroatoms. The first kappa shape index (κ1) is 19.4. The van der Waals surface area contributed by atoms with Crippen molar-refractivity contribution in [2.75, 3.05) is 22.9 Å². The van der Waals surface area contributed by atoms with Gasteiger partial charge in [-0.1, -0.05) is 18.2 Å². The quantitative estimate of drug-likeness (QED) is 0.680. The molecule has 0 heterocycles. The van der Waals surface area contributed by atoms with Gasteiger partial charge in [0.1, 0.15) is 11.5 Å². The Hall–Kier alpha value is -3.32. The molecule has 0 fully saturated rings. The van der Waals surface area contributed by atoms with Crippen molar-refractivity contribution in [3.8, 4) is 11.5 Å². The Balaban J connectivity index is 1.64. The second-order valence-corrected chi connectivity index (χ2v) is 8.18. The van der Waals surface area contributed by atoms with Crippen LogP contribution in [0.25, 0.3) is 0 Å². The first-order valence-electron chi connectivity index (χ1n) is 8.51. The van der Waals surface area contributed by atoms with Crippen LogP contribution in [0.2, 0.25) is 0 Å². The van der Waals surface area contributed by atoms with Crippen LogP contribution in [0, 0.1) is 0 Å². The Morgan fingerprint density at radius 1 is 0.857 bits per heavy atom. The number of amides is 1. The molecular formula is C21H20N2O4S. The standard InChI is InChI=1S/C21H20N2O4S/c1-23(28(2,25)26)18-12-8-16(9-13-18)21(24)22-17-10-14-20(15-11-17)27-19-6-4-3-5-7-19/h3-15H,1-2H3,(H,22,24). The van der Waals surface area contributed by atoms with Gasteiger partial charge in [0.2, 0.25) is 10.0 Å². The molecule has 144 valence electrons. The third-order valence-electron chi connectivity index (χ3n) is 4.08. The molecule has 0 aromatic heterocycles. The van der Waals surface area contributed by atoms with E-state index < -0.39 is 10.0 Å². The maximum Gasteiger partial charge on any atom is 0.255 e. The molecule has 3 aromatic rings. The van der Waals surface area contributed by atoms with E-state index in [4.69, 9.17) is 4.74 Å². The molecule has 0 atom stereocenters. The minimum atomic E-state index is -3.34. The molecule has 3 aromatic carbocycles. The summed E-state index contributed by atoms with van der Waals surface area (Å²) in [4.78, 5) is 12.4. The highest BCUT2D eigenvalue weighted by molar-refractivity contribution is 7.92. The molecule has 0 aliphatic heterocycles. The number of nitrogens with zero attached hydrogens (tertiary/aromatic N) is 1. The first-order chi connectivity index (χ1) is 13.3. The summed E-state index contributed by atoms with van der Waals surface area (Å²) >= 11 is 0. The van der Waals surface area contributed by atoms with Crippen LogP contribution in [0.3, 0.4) is 0 Å². The number of ether oxygens (including phenoxy) is 1. The van der Waals surface area contributed by atoms with Crippen molar-refractivity contribution < 1.29 is 17.9 Å². The summed E-state index contributed by atoms with van der Waals surface area (Å²) in [7, 11) is -1.88. The Bertz CT molecular complexity index is 1050. The van der Waals surface area contributed by atoms with Gasteiger partial charge in [-0.3, -0.25) is 9.10 Å². The minimum absolute atomic E-state index is 0.287. The van der Waals surface area contributed by atoms with Crippen LogP contribution < -0.4 is 14.4 Å². The van der Waals surface area contributed by atoms with Crippen LogP contribution in [-0.4, -0.2) is 27.6 Å². The minimum Gasteiger partial charge on any atom is -0.457 e. The van der Waals surface area contributed by atoms with E-state index in [0.29, 0.717) is 22.7 Å². The highest BCUT2D eigenvalue weighted by atomic mass is 32.2. The maximum absolute atomic E-state index is 12.4. The van der Waals surface area contributed by atoms with Gasteiger partial charge in [-0.2, -0.15) is 0 Å². The van der Waals surface area contributed by atoms with Gasteiger partial charge < -0.3 is 10.1 Å². The molecule has 3 rings (SSSR count). The number of carbonyl (C=O) groups excluding carboxylic acids is 1. The number of para-hydroxylation sites is 1. The van der Waals surface area contributed by atoms with Crippen LogP contribution in [0.1, 0.15) is 10.4 Å². The van der Waals surface area contributed by atoms with Crippen molar-refractivity contribution in [2.45, 2.75) is 0 Å². The monoisotopic (exact) mass is 396 g/mol. The molecule has 0 aliphatic carbocycles. The van der Waals surface area contributed by atoms with Crippen LogP contribution in [0.5, 0.6) is 11.5 Å². The lowest BCUT2D eigenvalue weighted by atomic mass is 10.2. The van der Waals surface area contributed by atoms with Gasteiger partial charge in [0, 0.05) is 18.3 Å². The summed E-state index contributed by atoms with van der Waals surface area (Å²) in [5.41, 5.74) is 1.54. The average Bonchev–Trinajstić information content (AvgIpc) is 2.69. The van der Waals surface area contributed by atoms with Crippen LogP contribution >= 0.6 is 0 Å². The van der Waals surface area contributed by atoms with Crippen LogP contribution in [-0.2, 0) is 10.0 Å². The first-order valence-corrected chi connectivity index (χ1v) is 10.4. The van der Waals surface area contributed by atoms with E-state index in [1.165, 1.54) is 7.05 Å². The van der Waals surface area contributed by atoms with Gasteiger partial charge >= 0.3 is 0 Å². The molecule has 1 N–H and O–H groups in total. The van der Waals surface area contributed by atoms with Gasteiger partial charge in [-0.05, 0) is 60.7 Å². The zero-order valence-corrected chi connectivity index (χ0v) is 16.3. The highest BCUT2D eigenvalue weighted by Crippen LogP contribution is 2.23. The molecule has 0 saturated carbocycles. The zero-order chi connectivity index (χ0) is 20.1. The molecule has 6 nitrogen and oxygen atoms in total. The number of anilines is 2. The highest BCUT2D eigenvalue weighted by Gasteiger charge is 2.13. The van der Waals surface area contributed by atoms with E-state index in [2.05, 4.69) is 5.32 Å². The summed E-state index contributed by atoms with van der Waals surface area (Å²) < 4.78 is 30.0. The van der Waals surface area contributed by atoms with E-state index in [1.807, 2.05) is 30.3 Å². The van der Waals surface area contributed by atoms with Crippen molar-refractivity contribution in [2.24, 2.45) is 0 Å². The average molecular weight is 396 g/mol. The van der Waals surface area contributed by atoms with Gasteiger partial charge in [0.05, 0.1) is 11.9 Å². The second-order valence-electron chi connectivity index (χ2n) is 6.17. The summed E-state index contributed by atoms with van der Waals surface area (Å²) in [5, 5.41) is 2.80. The van der Waals surface area contributed by atoms with E-state index in [0.717, 1.165) is 16.3 Å². The number of rotatable bonds is 6. The van der Waals surface area contributed by atoms with Gasteiger partial charge in [-0.25, -0.2) is 8.42 Å². The van der Waals surface area contributed by atoms with E-state index in [9.17, 15) is 13.2 Å². The lowest BCUT2D eigenvalue weighted by Crippen LogP contribution is -2.24. The predicted octanol–water partition coefficient (Wildman–Crippen LogP) is 4.13. The summed E-state index contributed by atoms with van der Waals surface area (Å²) in [6.07, 6.45) is 1.12. The SMILES string of the molecule is CN(c1ccc(C(=O)Nc2ccc(Oc3ccccc3)cc2)cc1)S(C)(=O)=O. The number of hydrogen-bond acceptors (Lipinski definition) is 4. The number of hydrogen-bond donors (Lipinski definition) is 1. The fraction of sp³-hybridized carbons (Fsp3) is 0.0952. The van der Waals surface area contributed by atoms with E-state index in [1.54, 1.807) is 48.5 Å². The third-order valence-corrected chi connectivity index (χ3v) is 5.29. The smallest absolute Gasteiger partial charge is 0.255 e. The number of sulfonamides is 1. The second kappa shape index (κ2) is 8.14.